The zero-order valence-corrected chi connectivity index (χ0v) is 36.0. The number of hydrogen-bond donors (Lipinski definition) is 3. The lowest BCUT2D eigenvalue weighted by atomic mass is 9.55. The van der Waals surface area contributed by atoms with E-state index >= 15 is 0 Å². The number of carbonyl (C=O) groups excluding carboxylic acids is 1. The normalized spacial score (nSPS) is 24.6. The first-order valence-electron chi connectivity index (χ1n) is 22.4. The summed E-state index contributed by atoms with van der Waals surface area (Å²) < 4.78 is 20.3. The largest absolute Gasteiger partial charge is 0.508 e. The highest BCUT2D eigenvalue weighted by molar-refractivity contribution is 6.03. The zero-order valence-electron chi connectivity index (χ0n) is 36.0. The number of benzene rings is 1. The molecule has 1 amide bonds. The lowest BCUT2D eigenvalue weighted by molar-refractivity contribution is -0.255. The number of phenolic OH excluding ortho intramolecular Hbond substituents is 1. The van der Waals surface area contributed by atoms with Gasteiger partial charge in [-0.05, 0) is 94.9 Å². The van der Waals surface area contributed by atoms with E-state index in [-0.39, 0.29) is 43.3 Å². The highest BCUT2D eigenvalue weighted by Gasteiger charge is 2.65. The SMILES string of the molecule is C=CCOC12Oc3ccc(O)cc3C3C(CCCCO)C(CCCCO)C=C(C(=NOC(C)(C)C)CC1N(CCC)C(=O)OCCCCCCCCCCCC)C32. The second kappa shape index (κ2) is 23.5. The molecule has 3 N–H and O–H groups in total. The van der Waals surface area contributed by atoms with Gasteiger partial charge in [0.15, 0.2) is 0 Å². The Balaban J connectivity index is 1.77. The van der Waals surface area contributed by atoms with Crippen LogP contribution in [0.1, 0.15) is 162 Å². The molecule has 1 saturated carbocycles. The number of ether oxygens (including phenoxy) is 3. The van der Waals surface area contributed by atoms with E-state index in [1.807, 2.05) is 32.9 Å². The van der Waals surface area contributed by atoms with E-state index in [0.29, 0.717) is 44.6 Å². The van der Waals surface area contributed by atoms with Crippen LogP contribution >= 0.6 is 0 Å². The molecular formula is C47H76N2O8. The summed E-state index contributed by atoms with van der Waals surface area (Å²) in [6.07, 6.45) is 21.4. The Morgan fingerprint density at radius 3 is 2.25 bits per heavy atom. The van der Waals surface area contributed by atoms with E-state index in [2.05, 4.69) is 26.5 Å². The topological polar surface area (TPSA) is 130 Å². The number of unbranched alkanes of at least 4 members (excludes halogenated alkanes) is 11. The molecule has 6 atom stereocenters. The monoisotopic (exact) mass is 797 g/mol. The van der Waals surface area contributed by atoms with E-state index in [0.717, 1.165) is 61.8 Å². The third-order valence-electron chi connectivity index (χ3n) is 11.9. The van der Waals surface area contributed by atoms with E-state index in [1.54, 1.807) is 17.0 Å². The second-order valence-corrected chi connectivity index (χ2v) is 17.5. The summed E-state index contributed by atoms with van der Waals surface area (Å²) in [7, 11) is 0. The fourth-order valence-electron chi connectivity index (χ4n) is 9.30. The summed E-state index contributed by atoms with van der Waals surface area (Å²) in [5, 5.41) is 35.4. The Labute approximate surface area is 344 Å². The molecule has 1 aliphatic heterocycles. The molecule has 10 nitrogen and oxygen atoms in total. The number of hydrogen-bond acceptors (Lipinski definition) is 9. The number of phenols is 1. The van der Waals surface area contributed by atoms with Crippen molar-refractivity contribution in [2.75, 3.05) is 33.0 Å². The number of oxime groups is 1. The molecule has 0 aromatic heterocycles. The summed E-state index contributed by atoms with van der Waals surface area (Å²) in [6, 6.07) is 4.66. The smallest absolute Gasteiger partial charge is 0.410 e. The Morgan fingerprint density at radius 1 is 0.947 bits per heavy atom. The van der Waals surface area contributed by atoms with Gasteiger partial charge < -0.3 is 34.4 Å². The highest BCUT2D eigenvalue weighted by Crippen LogP contribution is 2.62. The molecule has 4 rings (SSSR count). The number of aromatic hydroxyl groups is 1. The third kappa shape index (κ3) is 12.7. The fraction of sp³-hybridized carbons (Fsp3) is 0.745. The predicted octanol–water partition coefficient (Wildman–Crippen LogP) is 10.6. The van der Waals surface area contributed by atoms with Crippen molar-refractivity contribution < 1.29 is 39.2 Å². The molecule has 10 heteroatoms. The van der Waals surface area contributed by atoms with Gasteiger partial charge in [-0.3, -0.25) is 4.90 Å². The van der Waals surface area contributed by atoms with Gasteiger partial charge in [0, 0.05) is 37.7 Å². The number of amides is 1. The lowest BCUT2D eigenvalue weighted by Crippen LogP contribution is -2.70. The zero-order chi connectivity index (χ0) is 41.3. The number of carbonyl (C=O) groups is 1. The molecule has 57 heavy (non-hydrogen) atoms. The Bertz CT molecular complexity index is 1440. The molecule has 1 aromatic rings. The number of aliphatic hydroxyl groups excluding tert-OH is 2. The molecule has 0 saturated heterocycles. The van der Waals surface area contributed by atoms with Crippen molar-refractivity contribution >= 4 is 11.8 Å². The van der Waals surface area contributed by atoms with Crippen molar-refractivity contribution in [3.05, 3.63) is 48.1 Å². The molecule has 1 heterocycles. The molecule has 1 aromatic carbocycles. The van der Waals surface area contributed by atoms with Crippen LogP contribution in [0, 0.1) is 17.8 Å². The Kier molecular flexibility index (Phi) is 19.2. The van der Waals surface area contributed by atoms with Gasteiger partial charge in [-0.2, -0.15) is 0 Å². The minimum atomic E-state index is -1.34. The van der Waals surface area contributed by atoms with Crippen LogP contribution in [0.5, 0.6) is 11.5 Å². The summed E-state index contributed by atoms with van der Waals surface area (Å²) >= 11 is 0. The van der Waals surface area contributed by atoms with E-state index in [9.17, 15) is 20.1 Å². The number of nitrogens with zero attached hydrogens (tertiary/aromatic N) is 2. The number of aliphatic hydroxyl groups is 2. The molecule has 1 fully saturated rings. The van der Waals surface area contributed by atoms with Gasteiger partial charge in [-0.25, -0.2) is 4.79 Å². The van der Waals surface area contributed by atoms with E-state index in [4.69, 9.17) is 24.2 Å². The minimum absolute atomic E-state index is 0.0894. The standard InChI is InChI=1S/C47H76N2O8/c1-7-10-11-12-13-14-15-16-17-22-31-54-45(53)49(27-8-2)42-34-40(48-57-46(4,5)6)38-32-35(23-18-20-28-50)37(24-19-21-29-51)43-39-33-36(52)25-26-41(39)56-47(42,44(38)43)55-30-9-3/h9,25-26,32-33,35,37,42-44,50-52H,3,7-8,10-24,27-31,34H2,1-2,4-6H3. The number of fused-ring (bicyclic) bond motifs is 2. The minimum Gasteiger partial charge on any atom is -0.508 e. The lowest BCUT2D eigenvalue weighted by Gasteiger charge is -2.60. The maximum Gasteiger partial charge on any atom is 0.410 e. The molecule has 0 bridgehead atoms. The van der Waals surface area contributed by atoms with Crippen molar-refractivity contribution in [3.63, 3.8) is 0 Å². The maximum absolute atomic E-state index is 14.4. The van der Waals surface area contributed by atoms with Crippen LogP contribution in [-0.2, 0) is 14.3 Å². The molecule has 0 radical (unpaired) electrons. The third-order valence-corrected chi connectivity index (χ3v) is 11.9. The number of rotatable bonds is 26. The highest BCUT2D eigenvalue weighted by atomic mass is 16.7. The first-order valence-corrected chi connectivity index (χ1v) is 22.4. The van der Waals surface area contributed by atoms with Crippen molar-refractivity contribution in [1.29, 1.82) is 0 Å². The van der Waals surface area contributed by atoms with Crippen LogP contribution in [0.3, 0.4) is 0 Å². The summed E-state index contributed by atoms with van der Waals surface area (Å²) in [5.41, 5.74) is 2.06. The maximum atomic E-state index is 14.4. The quantitative estimate of drug-likeness (QED) is 0.0480. The van der Waals surface area contributed by atoms with Gasteiger partial charge in [0.25, 0.3) is 0 Å². The molecule has 322 valence electrons. The summed E-state index contributed by atoms with van der Waals surface area (Å²) in [5.74, 6) is -0.969. The van der Waals surface area contributed by atoms with Gasteiger partial charge in [-0.1, -0.05) is 102 Å². The van der Waals surface area contributed by atoms with Crippen LogP contribution < -0.4 is 4.74 Å². The Morgan fingerprint density at radius 2 is 1.61 bits per heavy atom. The van der Waals surface area contributed by atoms with Crippen molar-refractivity contribution in [1.82, 2.24) is 4.90 Å². The molecule has 6 unspecified atom stereocenters. The van der Waals surface area contributed by atoms with Crippen LogP contribution in [0.25, 0.3) is 0 Å². The van der Waals surface area contributed by atoms with Gasteiger partial charge in [-0.15, -0.1) is 6.58 Å². The van der Waals surface area contributed by atoms with E-state index < -0.39 is 29.4 Å². The average Bonchev–Trinajstić information content (AvgIpc) is 3.18. The molecule has 2 aliphatic carbocycles. The first-order chi connectivity index (χ1) is 27.5. The average molecular weight is 797 g/mol. The summed E-state index contributed by atoms with van der Waals surface area (Å²) in [4.78, 5) is 22.4. The van der Waals surface area contributed by atoms with Gasteiger partial charge in [0.05, 0.1) is 24.8 Å². The van der Waals surface area contributed by atoms with Gasteiger partial charge >= 0.3 is 6.09 Å². The van der Waals surface area contributed by atoms with Gasteiger partial charge in [0.1, 0.15) is 23.1 Å². The van der Waals surface area contributed by atoms with Crippen LogP contribution in [0.4, 0.5) is 4.79 Å². The summed E-state index contributed by atoms with van der Waals surface area (Å²) in [6.45, 7) is 15.4. The van der Waals surface area contributed by atoms with Crippen molar-refractivity contribution in [2.45, 2.75) is 174 Å². The Hall–Kier alpha value is -3.08. The van der Waals surface area contributed by atoms with Crippen LogP contribution in [0.2, 0.25) is 0 Å². The molecule has 3 aliphatic rings. The van der Waals surface area contributed by atoms with Crippen LogP contribution in [0.15, 0.2) is 47.7 Å². The second-order valence-electron chi connectivity index (χ2n) is 17.5. The van der Waals surface area contributed by atoms with Crippen molar-refractivity contribution in [3.8, 4) is 11.5 Å². The van der Waals surface area contributed by atoms with E-state index in [1.165, 1.54) is 44.9 Å². The first kappa shape index (κ1) is 46.6. The fourth-order valence-corrected chi connectivity index (χ4v) is 9.30. The van der Waals surface area contributed by atoms with Crippen molar-refractivity contribution in [2.24, 2.45) is 22.9 Å². The molecule has 0 spiro atoms. The predicted molar refractivity (Wildman–Crippen MR) is 228 cm³/mol. The van der Waals surface area contributed by atoms with Crippen LogP contribution in [-0.4, -0.2) is 82.4 Å². The number of allylic oxidation sites excluding steroid dienone is 1. The molecular weight excluding hydrogens is 721 g/mol. The van der Waals surface area contributed by atoms with Gasteiger partial charge in [0.2, 0.25) is 5.79 Å².